The molecule has 0 saturated heterocycles. The summed E-state index contributed by atoms with van der Waals surface area (Å²) in [5.74, 6) is -1.42. The summed E-state index contributed by atoms with van der Waals surface area (Å²) in [4.78, 5) is 0. The Morgan fingerprint density at radius 2 is 1.71 bits per heavy atom. The van der Waals surface area contributed by atoms with Crippen LogP contribution < -0.4 is 0 Å². The van der Waals surface area contributed by atoms with Gasteiger partial charge < -0.3 is 15.1 Å². The number of halogens is 2. The number of benzene rings is 1. The first-order valence-electron chi connectivity index (χ1n) is 5.46. The largest absolute Gasteiger partial charge is 0.631 e. The van der Waals surface area contributed by atoms with Crippen molar-refractivity contribution >= 4 is 7.32 Å². The van der Waals surface area contributed by atoms with Crippen molar-refractivity contribution in [3.8, 4) is 0 Å². The monoisotopic (exact) mass is 246 g/mol. The second-order valence-electron chi connectivity index (χ2n) is 3.52. The molecule has 0 aromatic heterocycles. The van der Waals surface area contributed by atoms with Crippen LogP contribution >= 0.6 is 0 Å². The number of rotatable bonds is 4. The van der Waals surface area contributed by atoms with Crippen molar-refractivity contribution in [3.63, 3.8) is 0 Å². The van der Waals surface area contributed by atoms with Crippen molar-refractivity contribution in [2.24, 2.45) is 0 Å². The fraction of sp³-hybridized carbons (Fsp3) is 0.455. The molecule has 0 saturated carbocycles. The molecule has 1 rings (SSSR count). The van der Waals surface area contributed by atoms with Crippen LogP contribution in [0.4, 0.5) is 8.78 Å². The molecule has 96 valence electrons. The molecule has 1 aromatic carbocycles. The minimum atomic E-state index is -2.17. The van der Waals surface area contributed by atoms with Crippen molar-refractivity contribution in [3.05, 3.63) is 35.4 Å². The Kier molecular flexibility index (Phi) is 8.57. The average molecular weight is 246 g/mol. The maximum atomic E-state index is 13.1. The van der Waals surface area contributed by atoms with Crippen LogP contribution in [-0.2, 0) is 6.42 Å². The molecule has 0 aliphatic carbocycles. The minimum absolute atomic E-state index is 0.494. The van der Waals surface area contributed by atoms with Crippen LogP contribution in [0.15, 0.2) is 18.2 Å². The highest BCUT2D eigenvalue weighted by Gasteiger charge is 2.06. The normalized spacial score (nSPS) is 9.53. The zero-order valence-electron chi connectivity index (χ0n) is 9.74. The number of hydrogen-bond acceptors (Lipinski definition) is 3. The molecule has 3 N–H and O–H groups in total. The van der Waals surface area contributed by atoms with Gasteiger partial charge in [-0.15, -0.1) is 0 Å². The molecule has 0 unspecified atom stereocenters. The van der Waals surface area contributed by atoms with Gasteiger partial charge in [-0.2, -0.15) is 0 Å². The Bertz CT molecular complexity index is 319. The van der Waals surface area contributed by atoms with Gasteiger partial charge in [0.1, 0.15) is 0 Å². The van der Waals surface area contributed by atoms with Crippen LogP contribution in [0, 0.1) is 11.6 Å². The maximum absolute atomic E-state index is 13.1. The van der Waals surface area contributed by atoms with E-state index >= 15 is 0 Å². The summed E-state index contributed by atoms with van der Waals surface area (Å²) in [5, 5.41) is 21.5. The van der Waals surface area contributed by atoms with Gasteiger partial charge in [0.05, 0.1) is 0 Å². The standard InChI is InChI=1S/C11H14F2.BH3O3/c1-2-3-4-6-9-7-5-8-10(12)11(9)13;2-1(3)4/h5,7-8H,2-4,6H2,1H3;2-4H. The summed E-state index contributed by atoms with van der Waals surface area (Å²) in [6.45, 7) is 2.09. The van der Waals surface area contributed by atoms with E-state index in [4.69, 9.17) is 15.1 Å². The highest BCUT2D eigenvalue weighted by atomic mass is 19.2. The van der Waals surface area contributed by atoms with Crippen LogP contribution in [-0.4, -0.2) is 22.4 Å². The molecule has 6 heteroatoms. The summed E-state index contributed by atoms with van der Waals surface area (Å²) in [6, 6.07) is 4.35. The van der Waals surface area contributed by atoms with Gasteiger partial charge in [0.2, 0.25) is 0 Å². The van der Waals surface area contributed by atoms with Gasteiger partial charge in [-0.25, -0.2) is 8.78 Å². The Balaban J connectivity index is 0.000000557. The van der Waals surface area contributed by atoms with E-state index in [1.54, 1.807) is 12.1 Å². The molecule has 0 radical (unpaired) electrons. The molecule has 0 fully saturated rings. The first kappa shape index (κ1) is 16.0. The van der Waals surface area contributed by atoms with Gasteiger partial charge >= 0.3 is 7.32 Å². The van der Waals surface area contributed by atoms with Crippen molar-refractivity contribution in [2.75, 3.05) is 0 Å². The Morgan fingerprint density at radius 3 is 2.24 bits per heavy atom. The molecule has 3 nitrogen and oxygen atoms in total. The van der Waals surface area contributed by atoms with Gasteiger partial charge in [0.25, 0.3) is 0 Å². The van der Waals surface area contributed by atoms with E-state index in [0.29, 0.717) is 12.0 Å². The van der Waals surface area contributed by atoms with Crippen molar-refractivity contribution < 1.29 is 23.9 Å². The summed E-state index contributed by atoms with van der Waals surface area (Å²) in [6.07, 6.45) is 3.72. The predicted octanol–water partition coefficient (Wildman–Crippen LogP) is 1.65. The highest BCUT2D eigenvalue weighted by molar-refractivity contribution is 6.30. The zero-order valence-corrected chi connectivity index (χ0v) is 9.74. The highest BCUT2D eigenvalue weighted by Crippen LogP contribution is 2.14. The average Bonchev–Trinajstić information content (AvgIpc) is 2.24. The quantitative estimate of drug-likeness (QED) is 0.559. The first-order chi connectivity index (χ1) is 7.99. The van der Waals surface area contributed by atoms with Crippen LogP contribution in [0.5, 0.6) is 0 Å². The van der Waals surface area contributed by atoms with Crippen LogP contribution in [0.1, 0.15) is 31.7 Å². The van der Waals surface area contributed by atoms with Gasteiger partial charge in [-0.3, -0.25) is 0 Å². The van der Waals surface area contributed by atoms with Gasteiger partial charge in [0.15, 0.2) is 11.6 Å². The van der Waals surface area contributed by atoms with Crippen molar-refractivity contribution in [1.82, 2.24) is 0 Å². The van der Waals surface area contributed by atoms with E-state index < -0.39 is 19.0 Å². The maximum Gasteiger partial charge on any atom is 0.631 e. The number of aryl methyl sites for hydroxylation is 1. The first-order valence-corrected chi connectivity index (χ1v) is 5.46. The molecule has 1 aromatic rings. The Labute approximate surface area is 99.9 Å². The summed E-state index contributed by atoms with van der Waals surface area (Å²) in [7, 11) is -2.17. The van der Waals surface area contributed by atoms with Crippen molar-refractivity contribution in [2.45, 2.75) is 32.6 Å². The zero-order chi connectivity index (χ0) is 13.3. The number of unbranched alkanes of at least 4 members (excludes halogenated alkanes) is 2. The molecule has 0 amide bonds. The van der Waals surface area contributed by atoms with E-state index in [9.17, 15) is 8.78 Å². The van der Waals surface area contributed by atoms with Gasteiger partial charge in [-0.05, 0) is 24.5 Å². The molecule has 17 heavy (non-hydrogen) atoms. The van der Waals surface area contributed by atoms with Crippen LogP contribution in [0.3, 0.4) is 0 Å². The lowest BCUT2D eigenvalue weighted by Gasteiger charge is -2.02. The molecule has 0 aliphatic rings. The lowest BCUT2D eigenvalue weighted by Crippen LogP contribution is -2.07. The van der Waals surface area contributed by atoms with Gasteiger partial charge in [0, 0.05) is 0 Å². The smallest absolute Gasteiger partial charge is 0.402 e. The molecular weight excluding hydrogens is 229 g/mol. The van der Waals surface area contributed by atoms with Gasteiger partial charge in [-0.1, -0.05) is 31.9 Å². The van der Waals surface area contributed by atoms with Crippen LogP contribution in [0.25, 0.3) is 0 Å². The van der Waals surface area contributed by atoms with E-state index in [1.807, 2.05) is 0 Å². The predicted molar refractivity (Wildman–Crippen MR) is 62.0 cm³/mol. The molecule has 0 spiro atoms. The lowest BCUT2D eigenvalue weighted by atomic mass is 10.1. The third-order valence-electron chi connectivity index (χ3n) is 2.08. The van der Waals surface area contributed by atoms with Crippen LogP contribution in [0.2, 0.25) is 0 Å². The van der Waals surface area contributed by atoms with E-state index in [0.717, 1.165) is 25.3 Å². The molecule has 0 heterocycles. The summed E-state index contributed by atoms with van der Waals surface area (Å²) in [5.41, 5.74) is 0.494. The fourth-order valence-electron chi connectivity index (χ4n) is 1.31. The topological polar surface area (TPSA) is 60.7 Å². The minimum Gasteiger partial charge on any atom is -0.402 e. The Morgan fingerprint density at radius 1 is 1.12 bits per heavy atom. The lowest BCUT2D eigenvalue weighted by molar-refractivity contribution is 0.278. The van der Waals surface area contributed by atoms with E-state index in [-0.39, 0.29) is 0 Å². The molecule has 0 aliphatic heterocycles. The second kappa shape index (κ2) is 9.10. The number of hydrogen-bond donors (Lipinski definition) is 3. The fourth-order valence-corrected chi connectivity index (χ4v) is 1.31. The third kappa shape index (κ3) is 7.85. The summed E-state index contributed by atoms with van der Waals surface area (Å²) < 4.78 is 25.8. The van der Waals surface area contributed by atoms with Crippen molar-refractivity contribution in [1.29, 1.82) is 0 Å². The summed E-state index contributed by atoms with van der Waals surface area (Å²) >= 11 is 0. The second-order valence-corrected chi connectivity index (χ2v) is 3.52. The Hall–Kier alpha value is -0.975. The third-order valence-corrected chi connectivity index (χ3v) is 2.08. The van der Waals surface area contributed by atoms with E-state index in [2.05, 4.69) is 6.92 Å². The molecule has 0 bridgehead atoms. The van der Waals surface area contributed by atoms with E-state index in [1.165, 1.54) is 0 Å². The SMILES string of the molecule is CCCCCc1cccc(F)c1F.OB(O)O. The molecular formula is C11H17BF2O3. The molecule has 0 atom stereocenters.